The minimum Gasteiger partial charge on any atom is -0.466 e. The van der Waals surface area contributed by atoms with Gasteiger partial charge in [-0.15, -0.1) is 0 Å². The summed E-state index contributed by atoms with van der Waals surface area (Å²) in [5.74, 6) is -0.0124. The van der Waals surface area contributed by atoms with Gasteiger partial charge in [-0.2, -0.15) is 21.8 Å². The number of hydrogen-bond acceptors (Lipinski definition) is 12. The van der Waals surface area contributed by atoms with Gasteiger partial charge in [-0.05, 0) is 40.6 Å². The fourth-order valence-corrected chi connectivity index (χ4v) is 8.84. The van der Waals surface area contributed by atoms with Crippen molar-refractivity contribution in [1.29, 1.82) is 0 Å². The number of alkyl halides is 3. The zero-order valence-corrected chi connectivity index (χ0v) is 28.7. The molecule has 17 nitrogen and oxygen atoms in total. The van der Waals surface area contributed by atoms with Crippen LogP contribution in [0.25, 0.3) is 16.5 Å². The van der Waals surface area contributed by atoms with Gasteiger partial charge in [0.1, 0.15) is 24.1 Å². The van der Waals surface area contributed by atoms with Crippen LogP contribution in [0.2, 0.25) is 0 Å². The van der Waals surface area contributed by atoms with Gasteiger partial charge in [-0.25, -0.2) is 18.5 Å². The Morgan fingerprint density at radius 2 is 1.54 bits per heavy atom. The highest BCUT2D eigenvalue weighted by Crippen LogP contribution is 2.68. The molecule has 0 bridgehead atoms. The van der Waals surface area contributed by atoms with E-state index in [0.717, 1.165) is 34.0 Å². The third-order valence-corrected chi connectivity index (χ3v) is 12.0. The van der Waals surface area contributed by atoms with E-state index in [1.807, 2.05) is 6.07 Å². The van der Waals surface area contributed by atoms with E-state index in [0.29, 0.717) is 5.56 Å². The molecule has 3 aliphatic heterocycles. The summed E-state index contributed by atoms with van der Waals surface area (Å²) >= 11 is 0. The Hall–Kier alpha value is -3.45. The van der Waals surface area contributed by atoms with E-state index in [4.69, 9.17) is 14.0 Å². The summed E-state index contributed by atoms with van der Waals surface area (Å²) in [4.78, 5) is 43.5. The van der Waals surface area contributed by atoms with Gasteiger partial charge in [0.2, 0.25) is 6.23 Å². The molecule has 3 aliphatic rings. The number of phosphoric acid groups is 3. The summed E-state index contributed by atoms with van der Waals surface area (Å²) in [7, 11) is -16.9. The van der Waals surface area contributed by atoms with Crippen LogP contribution in [0.1, 0.15) is 16.7 Å². The molecule has 1 fully saturated rings. The summed E-state index contributed by atoms with van der Waals surface area (Å²) in [6, 6.07) is 15.3. The number of nitrogens with one attached hydrogen (secondary N) is 1. The predicted octanol–water partition coefficient (Wildman–Crippen LogP) is 4.48. The lowest BCUT2D eigenvalue weighted by atomic mass is 10.1. The lowest BCUT2D eigenvalue weighted by Gasteiger charge is -2.33. The average Bonchev–Trinajstić information content (AvgIpc) is 3.60. The number of urea groups is 1. The second kappa shape index (κ2) is 14.4. The fourth-order valence-electron chi connectivity index (χ4n) is 5.34. The standard InChI is InChI=1S/C29H28F3N2O15P3/c30-29(31,32)21-7-3-6-19(11-21)22-12-20-13-34(28(37)33-26(20)46-22)27-25(36)24(35)23(47-27)15-45-51(40,41)49-52(42,43)48-50(38,39)44-14-16-8-9-17-4-1-2-5-18(17)10-16/h1-13,23-27,35-36H,14-15H2,(H,33,37)(H,38,39)(H,40,41)(H,42,43)/t23-,24+,25?,26?,27-/m1/s1. The second-order valence-corrected chi connectivity index (χ2v) is 16.1. The number of carbonyl (C=O) groups excluding carboxylic acids is 1. The number of ether oxygens (including phenoxy) is 2. The van der Waals surface area contributed by atoms with Gasteiger partial charge in [-0.3, -0.25) is 19.3 Å². The van der Waals surface area contributed by atoms with E-state index in [1.54, 1.807) is 36.4 Å². The lowest BCUT2D eigenvalue weighted by Crippen LogP contribution is -2.54. The second-order valence-electron chi connectivity index (χ2n) is 11.4. The van der Waals surface area contributed by atoms with Crippen LogP contribution >= 0.6 is 23.5 Å². The number of nitrogens with zero attached hydrogens (tertiary/aromatic N) is 1. The first-order chi connectivity index (χ1) is 24.3. The summed E-state index contributed by atoms with van der Waals surface area (Å²) in [5.41, 5.74) is -0.287. The van der Waals surface area contributed by atoms with Gasteiger partial charge >= 0.3 is 35.7 Å². The zero-order chi connectivity index (χ0) is 37.6. The molecule has 1 saturated heterocycles. The molecular weight excluding hydrogens is 766 g/mol. The maximum Gasteiger partial charge on any atom is 0.490 e. The van der Waals surface area contributed by atoms with Crippen molar-refractivity contribution in [2.24, 2.45) is 0 Å². The van der Waals surface area contributed by atoms with Crippen LogP contribution in [-0.4, -0.2) is 73.2 Å². The molecule has 0 aliphatic carbocycles. The quantitative estimate of drug-likeness (QED) is 0.139. The van der Waals surface area contributed by atoms with E-state index < -0.39 is 85.2 Å². The monoisotopic (exact) mass is 794 g/mol. The molecule has 0 spiro atoms. The van der Waals surface area contributed by atoms with Crippen LogP contribution in [0.4, 0.5) is 18.0 Å². The van der Waals surface area contributed by atoms with Crippen molar-refractivity contribution >= 4 is 46.0 Å². The highest BCUT2D eigenvalue weighted by atomic mass is 31.3. The molecule has 6 N–H and O–H groups in total. The van der Waals surface area contributed by atoms with Crippen molar-refractivity contribution in [1.82, 2.24) is 10.2 Å². The van der Waals surface area contributed by atoms with Gasteiger partial charge in [0, 0.05) is 17.3 Å². The van der Waals surface area contributed by atoms with Crippen molar-refractivity contribution in [3.8, 4) is 0 Å². The Kier molecular flexibility index (Phi) is 10.6. The van der Waals surface area contributed by atoms with E-state index in [2.05, 4.69) is 18.5 Å². The number of phosphoric ester groups is 2. The predicted molar refractivity (Wildman–Crippen MR) is 170 cm³/mol. The van der Waals surface area contributed by atoms with Crippen molar-refractivity contribution in [2.75, 3.05) is 6.61 Å². The Bertz CT molecular complexity index is 2080. The van der Waals surface area contributed by atoms with Crippen LogP contribution in [0.3, 0.4) is 0 Å². The first-order valence-electron chi connectivity index (χ1n) is 14.9. The van der Waals surface area contributed by atoms with Crippen LogP contribution < -0.4 is 5.32 Å². The molecule has 3 aromatic rings. The Labute approximate surface area is 291 Å². The van der Waals surface area contributed by atoms with Gasteiger partial charge < -0.3 is 34.4 Å². The minimum absolute atomic E-state index is 0.0124. The van der Waals surface area contributed by atoms with Gasteiger partial charge in [-0.1, -0.05) is 48.5 Å². The van der Waals surface area contributed by atoms with Crippen LogP contribution in [0, 0.1) is 0 Å². The van der Waals surface area contributed by atoms with Crippen LogP contribution in [0.15, 0.2) is 84.6 Å². The summed E-state index contributed by atoms with van der Waals surface area (Å²) < 4.78 is 105. The van der Waals surface area contributed by atoms with Crippen LogP contribution in [-0.2, 0) is 53.6 Å². The molecule has 0 aromatic heterocycles. The fraction of sp³-hybridized carbons (Fsp3) is 0.276. The van der Waals surface area contributed by atoms with E-state index >= 15 is 0 Å². The average molecular weight is 794 g/mol. The Morgan fingerprint density at radius 1 is 0.846 bits per heavy atom. The third kappa shape index (κ3) is 8.84. The first kappa shape index (κ1) is 38.3. The van der Waals surface area contributed by atoms with Crippen LogP contribution in [0.5, 0.6) is 0 Å². The number of aliphatic hydroxyl groups is 2. The number of halogens is 3. The van der Waals surface area contributed by atoms with E-state index in [9.17, 15) is 56.6 Å². The van der Waals surface area contributed by atoms with E-state index in [-0.39, 0.29) is 16.9 Å². The smallest absolute Gasteiger partial charge is 0.466 e. The molecule has 2 amide bonds. The molecular formula is C29H28F3N2O15P3. The van der Waals surface area contributed by atoms with E-state index in [1.165, 1.54) is 18.2 Å². The largest absolute Gasteiger partial charge is 0.490 e. The van der Waals surface area contributed by atoms with Crippen molar-refractivity contribution in [3.63, 3.8) is 0 Å². The molecule has 8 atom stereocenters. The van der Waals surface area contributed by atoms with Gasteiger partial charge in [0.25, 0.3) is 0 Å². The number of carbonyl (C=O) groups is 1. The molecule has 0 radical (unpaired) electrons. The van der Waals surface area contributed by atoms with Gasteiger partial charge in [0.05, 0.1) is 18.8 Å². The lowest BCUT2D eigenvalue weighted by molar-refractivity contribution is -0.137. The molecule has 5 unspecified atom stereocenters. The maximum absolute atomic E-state index is 13.2. The number of aliphatic hydroxyl groups excluding tert-OH is 2. The molecule has 52 heavy (non-hydrogen) atoms. The molecule has 0 saturated carbocycles. The summed E-state index contributed by atoms with van der Waals surface area (Å²) in [6.45, 7) is -1.67. The maximum atomic E-state index is 13.2. The van der Waals surface area contributed by atoms with Crippen molar-refractivity contribution < 1.29 is 83.7 Å². The summed E-state index contributed by atoms with van der Waals surface area (Å²) in [6.07, 6.45) is -10.4. The third-order valence-electron chi connectivity index (χ3n) is 7.73. The number of amides is 2. The summed E-state index contributed by atoms with van der Waals surface area (Å²) in [5, 5.41) is 25.2. The topological polar surface area (TPSA) is 240 Å². The highest BCUT2D eigenvalue weighted by Gasteiger charge is 2.50. The van der Waals surface area contributed by atoms with Gasteiger partial charge in [0.15, 0.2) is 6.23 Å². The SMILES string of the molecule is O=C1NC2OC(c3cccc(C(F)(F)F)c3)=CC2=CN1[C@@H]1O[C@H](COP(=O)(O)OP(=O)(O)OP(=O)(O)OCc2ccc3ccccc3c2)[C@H](O)C1O. The number of rotatable bonds is 12. The zero-order valence-electron chi connectivity index (χ0n) is 26.0. The number of fused-ring (bicyclic) bond motifs is 2. The highest BCUT2D eigenvalue weighted by molar-refractivity contribution is 7.66. The van der Waals surface area contributed by atoms with Crippen molar-refractivity contribution in [3.05, 3.63) is 101 Å². The van der Waals surface area contributed by atoms with Crippen molar-refractivity contribution in [2.45, 2.75) is 43.6 Å². The normalized spacial score (nSPS) is 26.7. The molecule has 6 rings (SSSR count). The number of benzene rings is 3. The molecule has 23 heteroatoms. The minimum atomic E-state index is -5.85. The first-order valence-corrected chi connectivity index (χ1v) is 19.3. The molecule has 3 heterocycles. The number of hydrogen-bond donors (Lipinski definition) is 6. The molecule has 3 aromatic carbocycles. The molecule has 280 valence electrons. The Morgan fingerprint density at radius 3 is 2.25 bits per heavy atom. The Balaban J connectivity index is 1.05.